The summed E-state index contributed by atoms with van der Waals surface area (Å²) in [6, 6.07) is 17.2. The van der Waals surface area contributed by atoms with Gasteiger partial charge in [0.05, 0.1) is 0 Å². The van der Waals surface area contributed by atoms with Gasteiger partial charge in [-0.3, -0.25) is 4.79 Å². The molecule has 1 amide bonds. The van der Waals surface area contributed by atoms with Crippen molar-refractivity contribution in [2.45, 2.75) is 26.4 Å². The molecule has 0 aliphatic rings. The molecule has 1 heterocycles. The van der Waals surface area contributed by atoms with Crippen LogP contribution in [0, 0.1) is 0 Å². The minimum atomic E-state index is -0.926. The van der Waals surface area contributed by atoms with E-state index < -0.39 is 12.1 Å². The summed E-state index contributed by atoms with van der Waals surface area (Å²) in [6.07, 6.45) is 0.00569. The van der Waals surface area contributed by atoms with E-state index in [1.807, 2.05) is 54.6 Å². The Bertz CT molecular complexity index is 920. The predicted molar refractivity (Wildman–Crippen MR) is 107 cm³/mol. The number of hydrogen-bond donors (Lipinski definition) is 1. The van der Waals surface area contributed by atoms with Crippen LogP contribution < -0.4 is 5.32 Å². The molecule has 5 nitrogen and oxygen atoms in total. The number of amides is 1. The van der Waals surface area contributed by atoms with Crippen LogP contribution in [-0.4, -0.2) is 23.0 Å². The summed E-state index contributed by atoms with van der Waals surface area (Å²) in [7, 11) is 0. The van der Waals surface area contributed by atoms with Gasteiger partial charge in [-0.15, -0.1) is 11.3 Å². The first kappa shape index (κ1) is 18.8. The predicted octanol–water partition coefficient (Wildman–Crippen LogP) is 4.56. The zero-order valence-electron chi connectivity index (χ0n) is 15.1. The van der Waals surface area contributed by atoms with Gasteiger partial charge in [-0.2, -0.15) is 0 Å². The SMILES string of the molecule is CCc1ccc(NC(=O)[C@@H](C)OC(=O)c2csc(-c3ccccc3)n2)cc1. The van der Waals surface area contributed by atoms with E-state index in [-0.39, 0.29) is 11.6 Å². The normalized spacial score (nSPS) is 11.6. The fourth-order valence-electron chi connectivity index (χ4n) is 2.42. The topological polar surface area (TPSA) is 68.3 Å². The summed E-state index contributed by atoms with van der Waals surface area (Å²) < 4.78 is 5.26. The fraction of sp³-hybridized carbons (Fsp3) is 0.190. The van der Waals surface area contributed by atoms with Gasteiger partial charge in [0, 0.05) is 16.6 Å². The number of aryl methyl sites for hydroxylation is 1. The maximum Gasteiger partial charge on any atom is 0.358 e. The van der Waals surface area contributed by atoms with E-state index >= 15 is 0 Å². The van der Waals surface area contributed by atoms with Gasteiger partial charge >= 0.3 is 5.97 Å². The molecule has 0 aliphatic heterocycles. The highest BCUT2D eigenvalue weighted by Gasteiger charge is 2.21. The zero-order chi connectivity index (χ0) is 19.2. The van der Waals surface area contributed by atoms with Gasteiger partial charge in [-0.05, 0) is 31.0 Å². The number of carbonyl (C=O) groups excluding carboxylic acids is 2. The first-order chi connectivity index (χ1) is 13.1. The van der Waals surface area contributed by atoms with Crippen molar-refractivity contribution in [2.24, 2.45) is 0 Å². The molecule has 0 spiro atoms. The first-order valence-corrected chi connectivity index (χ1v) is 9.56. The average Bonchev–Trinajstić information content (AvgIpc) is 3.19. The van der Waals surface area contributed by atoms with E-state index in [2.05, 4.69) is 17.2 Å². The number of rotatable bonds is 6. The average molecular weight is 380 g/mol. The Morgan fingerprint density at radius 3 is 2.48 bits per heavy atom. The van der Waals surface area contributed by atoms with Gasteiger partial charge in [0.15, 0.2) is 11.8 Å². The molecule has 3 aromatic rings. The summed E-state index contributed by atoms with van der Waals surface area (Å²) >= 11 is 1.36. The third kappa shape index (κ3) is 4.80. The highest BCUT2D eigenvalue weighted by atomic mass is 32.1. The molecule has 1 aromatic heterocycles. The van der Waals surface area contributed by atoms with E-state index in [4.69, 9.17) is 4.74 Å². The number of hydrogen-bond acceptors (Lipinski definition) is 5. The van der Waals surface area contributed by atoms with Crippen LogP contribution in [0.3, 0.4) is 0 Å². The quantitative estimate of drug-likeness (QED) is 0.637. The molecule has 27 heavy (non-hydrogen) atoms. The van der Waals surface area contributed by atoms with Gasteiger partial charge in [0.25, 0.3) is 5.91 Å². The summed E-state index contributed by atoms with van der Waals surface area (Å²) in [5.41, 5.74) is 2.99. The second kappa shape index (κ2) is 8.60. The van der Waals surface area contributed by atoms with Crippen molar-refractivity contribution in [2.75, 3.05) is 5.32 Å². The lowest BCUT2D eigenvalue weighted by molar-refractivity contribution is -0.123. The van der Waals surface area contributed by atoms with Crippen molar-refractivity contribution in [1.29, 1.82) is 0 Å². The van der Waals surface area contributed by atoms with E-state index in [9.17, 15) is 9.59 Å². The van der Waals surface area contributed by atoms with E-state index in [1.54, 1.807) is 5.38 Å². The molecule has 3 rings (SSSR count). The fourth-order valence-corrected chi connectivity index (χ4v) is 3.22. The van der Waals surface area contributed by atoms with Gasteiger partial charge in [-0.1, -0.05) is 49.4 Å². The lowest BCUT2D eigenvalue weighted by Crippen LogP contribution is -2.30. The second-order valence-electron chi connectivity index (χ2n) is 5.99. The van der Waals surface area contributed by atoms with Crippen molar-refractivity contribution >= 4 is 28.9 Å². The monoisotopic (exact) mass is 380 g/mol. The van der Waals surface area contributed by atoms with Crippen LogP contribution in [0.4, 0.5) is 5.69 Å². The van der Waals surface area contributed by atoms with Crippen LogP contribution in [0.25, 0.3) is 10.6 Å². The van der Waals surface area contributed by atoms with E-state index in [0.717, 1.165) is 17.0 Å². The van der Waals surface area contributed by atoms with E-state index in [0.29, 0.717) is 5.69 Å². The maximum atomic E-state index is 12.3. The van der Waals surface area contributed by atoms with Crippen LogP contribution in [-0.2, 0) is 16.0 Å². The number of nitrogens with zero attached hydrogens (tertiary/aromatic N) is 1. The summed E-state index contributed by atoms with van der Waals surface area (Å²) in [4.78, 5) is 28.8. The number of benzene rings is 2. The Morgan fingerprint density at radius 1 is 1.11 bits per heavy atom. The lowest BCUT2D eigenvalue weighted by Gasteiger charge is -2.13. The van der Waals surface area contributed by atoms with Gasteiger partial charge in [0.1, 0.15) is 5.01 Å². The Labute approximate surface area is 162 Å². The molecule has 2 aromatic carbocycles. The van der Waals surface area contributed by atoms with Crippen molar-refractivity contribution in [3.63, 3.8) is 0 Å². The first-order valence-electron chi connectivity index (χ1n) is 8.68. The number of thiazole rings is 1. The lowest BCUT2D eigenvalue weighted by atomic mass is 10.1. The van der Waals surface area contributed by atoms with Crippen molar-refractivity contribution < 1.29 is 14.3 Å². The number of esters is 1. The highest BCUT2D eigenvalue weighted by molar-refractivity contribution is 7.13. The van der Waals surface area contributed by atoms with Gasteiger partial charge < -0.3 is 10.1 Å². The number of anilines is 1. The minimum absolute atomic E-state index is 0.200. The van der Waals surface area contributed by atoms with Crippen LogP contribution in [0.2, 0.25) is 0 Å². The molecule has 0 radical (unpaired) electrons. The molecule has 138 valence electrons. The third-order valence-corrected chi connectivity index (χ3v) is 4.91. The largest absolute Gasteiger partial charge is 0.448 e. The third-order valence-electron chi connectivity index (χ3n) is 4.02. The molecule has 1 atom stereocenters. The van der Waals surface area contributed by atoms with Crippen molar-refractivity contribution in [3.05, 3.63) is 71.2 Å². The molecule has 0 fully saturated rings. The molecule has 0 bridgehead atoms. The Balaban J connectivity index is 1.59. The number of nitrogens with one attached hydrogen (secondary N) is 1. The highest BCUT2D eigenvalue weighted by Crippen LogP contribution is 2.23. The maximum absolute atomic E-state index is 12.3. The summed E-state index contributed by atoms with van der Waals surface area (Å²) in [5, 5.41) is 5.12. The van der Waals surface area contributed by atoms with Crippen LogP contribution >= 0.6 is 11.3 Å². The Kier molecular flexibility index (Phi) is 5.98. The number of ether oxygens (including phenoxy) is 1. The molecule has 6 heteroatoms. The smallest absolute Gasteiger partial charge is 0.358 e. The summed E-state index contributed by atoms with van der Waals surface area (Å²) in [5.74, 6) is -0.997. The second-order valence-corrected chi connectivity index (χ2v) is 6.85. The van der Waals surface area contributed by atoms with Crippen LogP contribution in [0.1, 0.15) is 29.9 Å². The number of aromatic nitrogens is 1. The number of carbonyl (C=O) groups is 2. The Morgan fingerprint density at radius 2 is 1.81 bits per heavy atom. The molecule has 0 saturated heterocycles. The summed E-state index contributed by atoms with van der Waals surface area (Å²) in [6.45, 7) is 3.61. The minimum Gasteiger partial charge on any atom is -0.448 e. The Hall–Kier alpha value is -2.99. The standard InChI is InChI=1S/C21H20N2O3S/c1-3-15-9-11-17(12-10-15)22-19(24)14(2)26-21(25)18-13-27-20(23-18)16-7-5-4-6-8-16/h4-14H,3H2,1-2H3,(H,22,24)/t14-/m1/s1. The van der Waals surface area contributed by atoms with Crippen molar-refractivity contribution in [1.82, 2.24) is 4.98 Å². The van der Waals surface area contributed by atoms with Crippen LogP contribution in [0.15, 0.2) is 60.0 Å². The van der Waals surface area contributed by atoms with E-state index in [1.165, 1.54) is 23.8 Å². The molecular weight excluding hydrogens is 360 g/mol. The van der Waals surface area contributed by atoms with Crippen molar-refractivity contribution in [3.8, 4) is 10.6 Å². The van der Waals surface area contributed by atoms with Gasteiger partial charge in [-0.25, -0.2) is 9.78 Å². The zero-order valence-corrected chi connectivity index (χ0v) is 16.0. The molecule has 0 aliphatic carbocycles. The molecular formula is C21H20N2O3S. The van der Waals surface area contributed by atoms with Gasteiger partial charge in [0.2, 0.25) is 0 Å². The molecule has 0 unspecified atom stereocenters. The molecule has 1 N–H and O–H groups in total. The molecule has 0 saturated carbocycles. The van der Waals surface area contributed by atoms with Crippen LogP contribution in [0.5, 0.6) is 0 Å².